The highest BCUT2D eigenvalue weighted by molar-refractivity contribution is 6.31. The third-order valence-corrected chi connectivity index (χ3v) is 4.71. The van der Waals surface area contributed by atoms with Crippen LogP contribution in [-0.4, -0.2) is 38.9 Å². The van der Waals surface area contributed by atoms with Crippen LogP contribution in [0.15, 0.2) is 42.5 Å². The molecule has 1 saturated heterocycles. The summed E-state index contributed by atoms with van der Waals surface area (Å²) in [6, 6.07) is 9.31. The van der Waals surface area contributed by atoms with Crippen molar-refractivity contribution in [2.24, 2.45) is 0 Å². The largest absolute Gasteiger partial charge is 0.493 e. The first-order valence-corrected chi connectivity index (χ1v) is 9.98. The molecule has 1 N–H and O–H groups in total. The summed E-state index contributed by atoms with van der Waals surface area (Å²) in [5.41, 5.74) is 0.993. The lowest BCUT2D eigenvalue weighted by molar-refractivity contribution is -0.111. The van der Waals surface area contributed by atoms with Gasteiger partial charge in [0.1, 0.15) is 12.4 Å². The van der Waals surface area contributed by atoms with Crippen LogP contribution in [0.3, 0.4) is 0 Å². The Morgan fingerprint density at radius 1 is 1.26 bits per heavy atom. The normalized spacial score (nSPS) is 16.0. The zero-order chi connectivity index (χ0) is 22.2. The van der Waals surface area contributed by atoms with Crippen LogP contribution < -0.4 is 19.5 Å². The highest BCUT2D eigenvalue weighted by Gasteiger charge is 2.17. The summed E-state index contributed by atoms with van der Waals surface area (Å²) >= 11 is 6.06. The summed E-state index contributed by atoms with van der Waals surface area (Å²) in [6.45, 7) is -1.86. The second-order valence-corrected chi connectivity index (χ2v) is 7.13. The number of amides is 1. The molecule has 0 spiro atoms. The predicted octanol–water partition coefficient (Wildman–Crippen LogP) is 5.16. The lowest BCUT2D eigenvalue weighted by atomic mass is 10.2. The van der Waals surface area contributed by atoms with Crippen molar-refractivity contribution in [2.75, 3.05) is 25.6 Å². The number of halogens is 3. The zero-order valence-corrected chi connectivity index (χ0v) is 17.5. The summed E-state index contributed by atoms with van der Waals surface area (Å²) in [5.74, 6) is 0.0986. The highest BCUT2D eigenvalue weighted by atomic mass is 35.5. The van der Waals surface area contributed by atoms with Gasteiger partial charge in [0.2, 0.25) is 5.91 Å². The Balaban J connectivity index is 1.66. The van der Waals surface area contributed by atoms with E-state index in [1.165, 1.54) is 37.5 Å². The van der Waals surface area contributed by atoms with Gasteiger partial charge < -0.3 is 24.3 Å². The molecule has 0 bridgehead atoms. The first-order chi connectivity index (χ1) is 14.9. The van der Waals surface area contributed by atoms with Crippen LogP contribution in [0.1, 0.15) is 18.4 Å². The second kappa shape index (κ2) is 11.0. The Morgan fingerprint density at radius 3 is 2.77 bits per heavy atom. The SMILES string of the molecule is COc1cc(/C=C/C(=O)Nc2cc(Cl)ccc2OCC2CCCO2)ccc1OC(F)F. The van der Waals surface area contributed by atoms with Crippen LogP contribution in [0.25, 0.3) is 6.08 Å². The van der Waals surface area contributed by atoms with Crippen molar-refractivity contribution in [2.45, 2.75) is 25.6 Å². The molecular formula is C22H22ClF2NO5. The summed E-state index contributed by atoms with van der Waals surface area (Å²) in [5, 5.41) is 3.18. The van der Waals surface area contributed by atoms with Crippen molar-refractivity contribution in [1.82, 2.24) is 0 Å². The molecular weight excluding hydrogens is 432 g/mol. The summed E-state index contributed by atoms with van der Waals surface area (Å²) in [4.78, 5) is 12.4. The minimum Gasteiger partial charge on any atom is -0.493 e. The van der Waals surface area contributed by atoms with E-state index in [0.29, 0.717) is 28.6 Å². The predicted molar refractivity (Wildman–Crippen MR) is 113 cm³/mol. The molecule has 1 aliphatic heterocycles. The molecule has 1 amide bonds. The maximum Gasteiger partial charge on any atom is 0.387 e. The number of carbonyl (C=O) groups is 1. The van der Waals surface area contributed by atoms with Gasteiger partial charge in [-0.1, -0.05) is 17.7 Å². The molecule has 3 rings (SSSR count). The van der Waals surface area contributed by atoms with Gasteiger partial charge >= 0.3 is 6.61 Å². The quantitative estimate of drug-likeness (QED) is 0.531. The molecule has 2 aromatic rings. The fourth-order valence-electron chi connectivity index (χ4n) is 3.01. The van der Waals surface area contributed by atoms with E-state index in [1.807, 2.05) is 0 Å². The number of benzene rings is 2. The molecule has 1 fully saturated rings. The van der Waals surface area contributed by atoms with Crippen LogP contribution in [0.2, 0.25) is 5.02 Å². The third-order valence-electron chi connectivity index (χ3n) is 4.48. The average molecular weight is 454 g/mol. The lowest BCUT2D eigenvalue weighted by Gasteiger charge is -2.15. The number of ether oxygens (including phenoxy) is 4. The van der Waals surface area contributed by atoms with Gasteiger partial charge in [0, 0.05) is 17.7 Å². The fourth-order valence-corrected chi connectivity index (χ4v) is 3.18. The number of carbonyl (C=O) groups excluding carboxylic acids is 1. The van der Waals surface area contributed by atoms with E-state index < -0.39 is 12.5 Å². The minimum atomic E-state index is -2.96. The molecule has 0 aliphatic carbocycles. The number of hydrogen-bond donors (Lipinski definition) is 1. The standard InChI is InChI=1S/C22H22ClF2NO5/c1-28-20-11-14(4-7-19(20)31-22(24)25)5-9-21(27)26-17-12-15(23)6-8-18(17)30-13-16-3-2-10-29-16/h4-9,11-12,16,22H,2-3,10,13H2,1H3,(H,26,27)/b9-5+. The molecule has 166 valence electrons. The number of anilines is 1. The molecule has 1 atom stereocenters. The molecule has 0 aromatic heterocycles. The molecule has 2 aromatic carbocycles. The molecule has 9 heteroatoms. The first-order valence-electron chi connectivity index (χ1n) is 9.60. The molecule has 31 heavy (non-hydrogen) atoms. The van der Waals surface area contributed by atoms with E-state index in [2.05, 4.69) is 10.1 Å². The third kappa shape index (κ3) is 6.83. The van der Waals surface area contributed by atoms with E-state index in [4.69, 9.17) is 25.8 Å². The Labute approximate surface area is 183 Å². The topological polar surface area (TPSA) is 66.0 Å². The fraction of sp³-hybridized carbons (Fsp3) is 0.318. The number of hydrogen-bond acceptors (Lipinski definition) is 5. The second-order valence-electron chi connectivity index (χ2n) is 6.70. The van der Waals surface area contributed by atoms with Crippen molar-refractivity contribution >= 4 is 29.3 Å². The number of alkyl halides is 2. The van der Waals surface area contributed by atoms with E-state index in [0.717, 1.165) is 19.4 Å². The highest BCUT2D eigenvalue weighted by Crippen LogP contribution is 2.31. The van der Waals surface area contributed by atoms with Crippen LogP contribution in [0.4, 0.5) is 14.5 Å². The van der Waals surface area contributed by atoms with Gasteiger partial charge in [-0.3, -0.25) is 4.79 Å². The van der Waals surface area contributed by atoms with E-state index in [-0.39, 0.29) is 17.6 Å². The van der Waals surface area contributed by atoms with Gasteiger partial charge in [-0.15, -0.1) is 0 Å². The van der Waals surface area contributed by atoms with Gasteiger partial charge in [-0.05, 0) is 54.8 Å². The monoisotopic (exact) mass is 453 g/mol. The number of rotatable bonds is 9. The van der Waals surface area contributed by atoms with Gasteiger partial charge in [0.25, 0.3) is 0 Å². The van der Waals surface area contributed by atoms with Crippen LogP contribution in [0, 0.1) is 0 Å². The van der Waals surface area contributed by atoms with E-state index >= 15 is 0 Å². The van der Waals surface area contributed by atoms with Gasteiger partial charge in [0.05, 0.1) is 18.9 Å². The van der Waals surface area contributed by atoms with Crippen molar-refractivity contribution in [1.29, 1.82) is 0 Å². The van der Waals surface area contributed by atoms with Gasteiger partial charge in [-0.2, -0.15) is 8.78 Å². The van der Waals surface area contributed by atoms with Crippen molar-refractivity contribution < 1.29 is 32.5 Å². The number of methoxy groups -OCH3 is 1. The van der Waals surface area contributed by atoms with Crippen LogP contribution in [0.5, 0.6) is 17.2 Å². The maximum atomic E-state index is 12.4. The van der Waals surface area contributed by atoms with Gasteiger partial charge in [-0.25, -0.2) is 0 Å². The van der Waals surface area contributed by atoms with E-state index in [9.17, 15) is 13.6 Å². The summed E-state index contributed by atoms with van der Waals surface area (Å²) in [6.07, 6.45) is 4.78. The average Bonchev–Trinajstić information content (AvgIpc) is 3.25. The Bertz CT molecular complexity index is 932. The van der Waals surface area contributed by atoms with Crippen molar-refractivity contribution in [3.63, 3.8) is 0 Å². The molecule has 0 radical (unpaired) electrons. The first kappa shape index (κ1) is 22.8. The lowest BCUT2D eigenvalue weighted by Crippen LogP contribution is -2.17. The van der Waals surface area contributed by atoms with Crippen molar-refractivity contribution in [3.8, 4) is 17.2 Å². The maximum absolute atomic E-state index is 12.4. The smallest absolute Gasteiger partial charge is 0.387 e. The summed E-state index contributed by atoms with van der Waals surface area (Å²) in [7, 11) is 1.34. The van der Waals surface area contributed by atoms with Crippen LogP contribution >= 0.6 is 11.6 Å². The van der Waals surface area contributed by atoms with Gasteiger partial charge in [0.15, 0.2) is 11.5 Å². The molecule has 0 saturated carbocycles. The molecule has 1 heterocycles. The molecule has 1 aliphatic rings. The van der Waals surface area contributed by atoms with E-state index in [1.54, 1.807) is 18.2 Å². The summed E-state index contributed by atoms with van der Waals surface area (Å²) < 4.78 is 45.6. The molecule has 1 unspecified atom stereocenters. The minimum absolute atomic E-state index is 0.0335. The molecule has 6 nitrogen and oxygen atoms in total. The Kier molecular flexibility index (Phi) is 8.08. The van der Waals surface area contributed by atoms with Crippen LogP contribution in [-0.2, 0) is 9.53 Å². The zero-order valence-electron chi connectivity index (χ0n) is 16.8. The van der Waals surface area contributed by atoms with Crippen molar-refractivity contribution in [3.05, 3.63) is 53.1 Å². The Hall–Kier alpha value is -2.84. The Morgan fingerprint density at radius 2 is 2.06 bits per heavy atom. The number of nitrogens with one attached hydrogen (secondary N) is 1.